The van der Waals surface area contributed by atoms with Crippen molar-refractivity contribution in [2.45, 2.75) is 27.7 Å². The van der Waals surface area contributed by atoms with E-state index < -0.39 is 5.82 Å². The first-order chi connectivity index (χ1) is 9.32. The molecule has 0 spiro atoms. The van der Waals surface area contributed by atoms with Gasteiger partial charge in [-0.05, 0) is 84.1 Å². The van der Waals surface area contributed by atoms with E-state index >= 15 is 0 Å². The maximum atomic E-state index is 13.6. The van der Waals surface area contributed by atoms with Crippen molar-refractivity contribution in [3.05, 3.63) is 67.9 Å². The summed E-state index contributed by atoms with van der Waals surface area (Å²) in [5.74, 6) is -0.547. The number of rotatable bonds is 2. The van der Waals surface area contributed by atoms with Gasteiger partial charge in [0.25, 0.3) is 0 Å². The summed E-state index contributed by atoms with van der Waals surface area (Å²) in [5, 5.41) is 0. The Morgan fingerprint density at radius 2 is 1.55 bits per heavy atom. The molecule has 104 valence electrons. The van der Waals surface area contributed by atoms with E-state index in [1.165, 1.54) is 6.07 Å². The average Bonchev–Trinajstić information content (AvgIpc) is 2.40. The smallest absolute Gasteiger partial charge is 0.193 e. The quantitative estimate of drug-likeness (QED) is 0.702. The van der Waals surface area contributed by atoms with Crippen molar-refractivity contribution in [3.8, 4) is 0 Å². The van der Waals surface area contributed by atoms with Gasteiger partial charge in [-0.3, -0.25) is 4.79 Å². The van der Waals surface area contributed by atoms with Gasteiger partial charge in [0.2, 0.25) is 0 Å². The molecular formula is C17H16BrFO. The normalized spacial score (nSPS) is 10.7. The minimum atomic E-state index is -0.421. The summed E-state index contributed by atoms with van der Waals surface area (Å²) < 4.78 is 14.0. The van der Waals surface area contributed by atoms with Crippen LogP contribution in [0.15, 0.2) is 28.7 Å². The van der Waals surface area contributed by atoms with Crippen LogP contribution in [0, 0.1) is 33.5 Å². The van der Waals surface area contributed by atoms with Gasteiger partial charge in [-0.25, -0.2) is 4.39 Å². The molecule has 0 atom stereocenters. The van der Waals surface area contributed by atoms with Gasteiger partial charge in [0.05, 0.1) is 4.47 Å². The van der Waals surface area contributed by atoms with Gasteiger partial charge < -0.3 is 0 Å². The monoisotopic (exact) mass is 334 g/mol. The standard InChI is InChI=1S/C17H16BrFO/c1-9-7-10(2)12(4)16(11(9)3)17(20)13-5-6-14(18)15(19)8-13/h5-8H,1-4H3. The summed E-state index contributed by atoms with van der Waals surface area (Å²) in [5.41, 5.74) is 5.14. The lowest BCUT2D eigenvalue weighted by Gasteiger charge is -2.14. The lowest BCUT2D eigenvalue weighted by molar-refractivity contribution is 0.103. The number of aryl methyl sites for hydroxylation is 2. The Balaban J connectivity index is 2.62. The molecule has 0 aromatic heterocycles. The van der Waals surface area contributed by atoms with E-state index in [2.05, 4.69) is 22.0 Å². The van der Waals surface area contributed by atoms with Gasteiger partial charge >= 0.3 is 0 Å². The maximum Gasteiger partial charge on any atom is 0.193 e. The zero-order chi connectivity index (χ0) is 15.0. The Bertz CT molecular complexity index is 678. The molecule has 2 rings (SSSR count). The first-order valence-corrected chi connectivity index (χ1v) is 7.19. The van der Waals surface area contributed by atoms with Crippen LogP contribution in [0.4, 0.5) is 4.39 Å². The number of ketones is 1. The molecule has 0 saturated carbocycles. The van der Waals surface area contributed by atoms with Crippen LogP contribution in [0.3, 0.4) is 0 Å². The highest BCUT2D eigenvalue weighted by atomic mass is 79.9. The van der Waals surface area contributed by atoms with Crippen LogP contribution in [-0.4, -0.2) is 5.78 Å². The lowest BCUT2D eigenvalue weighted by atomic mass is 9.89. The highest BCUT2D eigenvalue weighted by Gasteiger charge is 2.18. The van der Waals surface area contributed by atoms with Gasteiger partial charge in [0, 0.05) is 11.1 Å². The molecule has 0 unspecified atom stereocenters. The van der Waals surface area contributed by atoms with E-state index in [1.807, 2.05) is 27.7 Å². The molecule has 0 saturated heterocycles. The fourth-order valence-corrected chi connectivity index (χ4v) is 2.59. The number of halogens is 2. The van der Waals surface area contributed by atoms with Crippen LogP contribution in [0.5, 0.6) is 0 Å². The Hall–Kier alpha value is -1.48. The molecule has 0 aliphatic heterocycles. The Kier molecular flexibility index (Phi) is 4.09. The Morgan fingerprint density at radius 3 is 2.05 bits per heavy atom. The average molecular weight is 335 g/mol. The second-order valence-corrected chi connectivity index (χ2v) is 5.95. The van der Waals surface area contributed by atoms with Crippen molar-refractivity contribution in [1.29, 1.82) is 0 Å². The molecule has 0 N–H and O–H groups in total. The zero-order valence-corrected chi connectivity index (χ0v) is 13.6. The predicted molar refractivity (Wildman–Crippen MR) is 82.9 cm³/mol. The van der Waals surface area contributed by atoms with Crippen LogP contribution in [0.2, 0.25) is 0 Å². The topological polar surface area (TPSA) is 17.1 Å². The first-order valence-electron chi connectivity index (χ1n) is 6.40. The third kappa shape index (κ3) is 2.55. The van der Waals surface area contributed by atoms with Gasteiger partial charge in [-0.1, -0.05) is 6.07 Å². The molecule has 0 fully saturated rings. The summed E-state index contributed by atoms with van der Waals surface area (Å²) in [6, 6.07) is 6.56. The highest BCUT2D eigenvalue weighted by molar-refractivity contribution is 9.10. The predicted octanol–water partition coefficient (Wildman–Crippen LogP) is 5.05. The van der Waals surface area contributed by atoms with Gasteiger partial charge in [-0.15, -0.1) is 0 Å². The van der Waals surface area contributed by atoms with Crippen LogP contribution >= 0.6 is 15.9 Å². The maximum absolute atomic E-state index is 13.6. The zero-order valence-electron chi connectivity index (χ0n) is 12.0. The Labute approximate surface area is 127 Å². The number of benzene rings is 2. The third-order valence-corrected chi connectivity index (χ3v) is 4.42. The first kappa shape index (κ1) is 14.9. The van der Waals surface area contributed by atoms with Gasteiger partial charge in [0.1, 0.15) is 5.82 Å². The molecule has 0 heterocycles. The lowest BCUT2D eigenvalue weighted by Crippen LogP contribution is -2.09. The molecule has 20 heavy (non-hydrogen) atoms. The SMILES string of the molecule is Cc1cc(C)c(C)c(C(=O)c2ccc(Br)c(F)c2)c1C. The second-order valence-electron chi connectivity index (χ2n) is 5.09. The summed E-state index contributed by atoms with van der Waals surface area (Å²) in [6.07, 6.45) is 0. The van der Waals surface area contributed by atoms with Crippen molar-refractivity contribution in [2.24, 2.45) is 0 Å². The molecule has 0 bridgehead atoms. The summed E-state index contributed by atoms with van der Waals surface area (Å²) in [6.45, 7) is 7.84. The fourth-order valence-electron chi connectivity index (χ4n) is 2.34. The van der Waals surface area contributed by atoms with Crippen LogP contribution in [0.1, 0.15) is 38.2 Å². The molecule has 0 amide bonds. The summed E-state index contributed by atoms with van der Waals surface area (Å²) in [7, 11) is 0. The molecule has 0 aliphatic carbocycles. The summed E-state index contributed by atoms with van der Waals surface area (Å²) >= 11 is 3.10. The van der Waals surface area contributed by atoms with E-state index in [0.717, 1.165) is 22.3 Å². The largest absolute Gasteiger partial charge is 0.289 e. The molecule has 0 radical (unpaired) electrons. The molecular weight excluding hydrogens is 319 g/mol. The number of carbonyl (C=O) groups excluding carboxylic acids is 1. The van der Waals surface area contributed by atoms with E-state index in [4.69, 9.17) is 0 Å². The Morgan fingerprint density at radius 1 is 1.00 bits per heavy atom. The van der Waals surface area contributed by atoms with Crippen molar-refractivity contribution in [3.63, 3.8) is 0 Å². The van der Waals surface area contributed by atoms with Crippen LogP contribution in [-0.2, 0) is 0 Å². The summed E-state index contributed by atoms with van der Waals surface area (Å²) in [4.78, 5) is 12.7. The van der Waals surface area contributed by atoms with Crippen molar-refractivity contribution in [2.75, 3.05) is 0 Å². The fraction of sp³-hybridized carbons (Fsp3) is 0.235. The highest BCUT2D eigenvalue weighted by Crippen LogP contribution is 2.25. The van der Waals surface area contributed by atoms with Crippen LogP contribution in [0.25, 0.3) is 0 Å². The van der Waals surface area contributed by atoms with Crippen LogP contribution < -0.4 is 0 Å². The minimum absolute atomic E-state index is 0.127. The van der Waals surface area contributed by atoms with E-state index in [0.29, 0.717) is 15.6 Å². The third-order valence-electron chi connectivity index (χ3n) is 3.77. The molecule has 3 heteroatoms. The van der Waals surface area contributed by atoms with Gasteiger partial charge in [0.15, 0.2) is 5.78 Å². The molecule has 1 nitrogen and oxygen atoms in total. The second kappa shape index (κ2) is 5.49. The number of carbonyl (C=O) groups is 1. The molecule has 2 aromatic carbocycles. The minimum Gasteiger partial charge on any atom is -0.289 e. The van der Waals surface area contributed by atoms with Crippen molar-refractivity contribution >= 4 is 21.7 Å². The van der Waals surface area contributed by atoms with E-state index in [1.54, 1.807) is 12.1 Å². The van der Waals surface area contributed by atoms with Crippen molar-refractivity contribution in [1.82, 2.24) is 0 Å². The van der Waals surface area contributed by atoms with Crippen molar-refractivity contribution < 1.29 is 9.18 Å². The van der Waals surface area contributed by atoms with Gasteiger partial charge in [-0.2, -0.15) is 0 Å². The van der Waals surface area contributed by atoms with E-state index in [-0.39, 0.29) is 5.78 Å². The molecule has 0 aliphatic rings. The number of hydrogen-bond donors (Lipinski definition) is 0. The van der Waals surface area contributed by atoms with E-state index in [9.17, 15) is 9.18 Å². The number of hydrogen-bond acceptors (Lipinski definition) is 1. The molecule has 2 aromatic rings.